The van der Waals surface area contributed by atoms with E-state index in [2.05, 4.69) is 9.97 Å². The molecular weight excluding hydrogens is 226 g/mol. The zero-order chi connectivity index (χ0) is 10.3. The van der Waals surface area contributed by atoms with Crippen LogP contribution in [0, 0.1) is 0 Å². The SMILES string of the molecule is O=c1[nH]c2cc(Cl)c(Cl)cc2[nH][11c]1=O. The lowest BCUT2D eigenvalue weighted by molar-refractivity contribution is 1.15. The summed E-state index contributed by atoms with van der Waals surface area (Å²) in [5.41, 5.74) is -0.528. The van der Waals surface area contributed by atoms with Crippen molar-refractivity contribution in [2.45, 2.75) is 0 Å². The minimum atomic E-state index is -0.712. The summed E-state index contributed by atoms with van der Waals surface area (Å²) in [7, 11) is 0. The minimum Gasteiger partial charge on any atom is -0.316 e. The Morgan fingerprint density at radius 3 is 1.57 bits per heavy atom. The van der Waals surface area contributed by atoms with E-state index in [0.29, 0.717) is 21.1 Å². The van der Waals surface area contributed by atoms with Gasteiger partial charge in [-0.05, 0) is 12.1 Å². The summed E-state index contributed by atoms with van der Waals surface area (Å²) in [6, 6.07) is 2.97. The molecule has 0 aliphatic rings. The Hall–Kier alpha value is -1.26. The zero-order valence-electron chi connectivity index (χ0n) is 6.73. The van der Waals surface area contributed by atoms with Crippen LogP contribution in [-0.2, 0) is 0 Å². The van der Waals surface area contributed by atoms with Crippen molar-refractivity contribution in [2.75, 3.05) is 0 Å². The standard InChI is InChI=1S/C8H4Cl2N2O2/c9-3-1-5-6(2-4(3)10)12-8(14)7(13)11-5/h1-2H,(H,11,13)(H,12,14)/i7-1. The molecule has 1 aromatic carbocycles. The van der Waals surface area contributed by atoms with Crippen molar-refractivity contribution in [1.82, 2.24) is 9.97 Å². The lowest BCUT2D eigenvalue weighted by Crippen LogP contribution is -2.28. The molecule has 2 rings (SSSR count). The van der Waals surface area contributed by atoms with Crippen molar-refractivity contribution in [3.63, 3.8) is 0 Å². The molecule has 2 aromatic rings. The van der Waals surface area contributed by atoms with E-state index in [1.165, 1.54) is 12.1 Å². The summed E-state index contributed by atoms with van der Waals surface area (Å²) in [5, 5.41) is 0.642. The third kappa shape index (κ3) is 1.42. The number of nitrogens with one attached hydrogen (secondary N) is 2. The number of hydrogen-bond acceptors (Lipinski definition) is 2. The molecule has 0 spiro atoms. The van der Waals surface area contributed by atoms with Crippen LogP contribution in [0.4, 0.5) is 0 Å². The molecule has 0 saturated heterocycles. The fourth-order valence-corrected chi connectivity index (χ4v) is 1.44. The van der Waals surface area contributed by atoms with E-state index in [9.17, 15) is 9.59 Å². The van der Waals surface area contributed by atoms with Gasteiger partial charge < -0.3 is 9.97 Å². The Balaban J connectivity index is 2.97. The number of aromatic nitrogens is 2. The number of fused-ring (bicyclic) bond motifs is 1. The predicted molar refractivity (Wildman–Crippen MR) is 55.2 cm³/mol. The average Bonchev–Trinajstić information content (AvgIpc) is 2.11. The highest BCUT2D eigenvalue weighted by atomic mass is 35.5. The Morgan fingerprint density at radius 1 is 0.857 bits per heavy atom. The van der Waals surface area contributed by atoms with Crippen molar-refractivity contribution in [3.8, 4) is 0 Å². The highest BCUT2D eigenvalue weighted by molar-refractivity contribution is 6.42. The van der Waals surface area contributed by atoms with Gasteiger partial charge in [-0.3, -0.25) is 9.59 Å². The number of H-pyrrole nitrogens is 2. The topological polar surface area (TPSA) is 65.7 Å². The van der Waals surface area contributed by atoms with E-state index >= 15 is 0 Å². The van der Waals surface area contributed by atoms with Crippen molar-refractivity contribution in [2.24, 2.45) is 0 Å². The third-order valence-electron chi connectivity index (χ3n) is 1.76. The van der Waals surface area contributed by atoms with Crippen LogP contribution in [0.3, 0.4) is 0 Å². The van der Waals surface area contributed by atoms with Gasteiger partial charge in [-0.1, -0.05) is 23.2 Å². The van der Waals surface area contributed by atoms with E-state index in [-0.39, 0.29) is 0 Å². The van der Waals surface area contributed by atoms with Crippen LogP contribution in [0.1, 0.15) is 0 Å². The minimum absolute atomic E-state index is 0.321. The molecule has 0 radical (unpaired) electrons. The lowest BCUT2D eigenvalue weighted by Gasteiger charge is -1.99. The summed E-state index contributed by atoms with van der Waals surface area (Å²) in [6.07, 6.45) is 0. The van der Waals surface area contributed by atoms with Crippen molar-refractivity contribution in [3.05, 3.63) is 42.9 Å². The molecule has 1 heterocycles. The maximum Gasteiger partial charge on any atom is 0.314 e. The molecule has 0 aliphatic heterocycles. The van der Waals surface area contributed by atoms with Crippen molar-refractivity contribution >= 4 is 34.2 Å². The first-order chi connectivity index (χ1) is 6.58. The highest BCUT2D eigenvalue weighted by Crippen LogP contribution is 2.24. The molecule has 0 bridgehead atoms. The third-order valence-corrected chi connectivity index (χ3v) is 2.49. The van der Waals surface area contributed by atoms with E-state index < -0.39 is 11.1 Å². The van der Waals surface area contributed by atoms with Gasteiger partial charge in [0.1, 0.15) is 0 Å². The lowest BCUT2D eigenvalue weighted by atomic mass is 10.2. The molecule has 72 valence electrons. The first-order valence-electron chi connectivity index (χ1n) is 3.69. The van der Waals surface area contributed by atoms with Crippen LogP contribution in [0.5, 0.6) is 0 Å². The number of benzene rings is 1. The smallest absolute Gasteiger partial charge is 0.314 e. The zero-order valence-corrected chi connectivity index (χ0v) is 8.24. The Morgan fingerprint density at radius 2 is 1.21 bits per heavy atom. The van der Waals surface area contributed by atoms with Gasteiger partial charge in [0.15, 0.2) is 0 Å². The monoisotopic (exact) mass is 229 g/mol. The van der Waals surface area contributed by atoms with Crippen molar-refractivity contribution < 1.29 is 0 Å². The Labute approximate surface area is 87.5 Å². The van der Waals surface area contributed by atoms with Crippen LogP contribution in [0.15, 0.2) is 21.7 Å². The molecule has 0 atom stereocenters. The molecule has 1 aromatic heterocycles. The summed E-state index contributed by atoms with van der Waals surface area (Å²) < 4.78 is 0. The second-order valence-corrected chi connectivity index (χ2v) is 3.53. The van der Waals surface area contributed by atoms with Crippen LogP contribution >= 0.6 is 23.2 Å². The number of halogens is 2. The molecule has 2 N–H and O–H groups in total. The summed E-state index contributed by atoms with van der Waals surface area (Å²) >= 11 is 11.5. The maximum absolute atomic E-state index is 11.0. The van der Waals surface area contributed by atoms with Gasteiger partial charge >= 0.3 is 11.1 Å². The van der Waals surface area contributed by atoms with Gasteiger partial charge in [-0.25, -0.2) is 0 Å². The van der Waals surface area contributed by atoms with Crippen LogP contribution < -0.4 is 11.1 Å². The van der Waals surface area contributed by atoms with E-state index in [1.807, 2.05) is 0 Å². The van der Waals surface area contributed by atoms with Gasteiger partial charge in [0.25, 0.3) is 0 Å². The van der Waals surface area contributed by atoms with Crippen molar-refractivity contribution in [1.29, 1.82) is 0 Å². The van der Waals surface area contributed by atoms with Gasteiger partial charge in [0.05, 0.1) is 21.1 Å². The second-order valence-electron chi connectivity index (χ2n) is 2.72. The molecular formula is C8H4Cl2N2O2. The fourth-order valence-electron chi connectivity index (χ4n) is 1.11. The van der Waals surface area contributed by atoms with Gasteiger partial charge in [-0.15, -0.1) is 0 Å². The van der Waals surface area contributed by atoms with Gasteiger partial charge in [0.2, 0.25) is 0 Å². The van der Waals surface area contributed by atoms with Crippen LogP contribution in [0.2, 0.25) is 10.0 Å². The number of rotatable bonds is 0. The average molecular weight is 230 g/mol. The normalized spacial score (nSPS) is 10.7. The molecule has 4 nitrogen and oxygen atoms in total. The molecule has 0 unspecified atom stereocenters. The largest absolute Gasteiger partial charge is 0.316 e. The molecule has 14 heavy (non-hydrogen) atoms. The van der Waals surface area contributed by atoms with Gasteiger partial charge in [0, 0.05) is 0 Å². The van der Waals surface area contributed by atoms with Crippen LogP contribution in [0.25, 0.3) is 11.0 Å². The molecule has 0 saturated carbocycles. The quantitative estimate of drug-likeness (QED) is 0.674. The van der Waals surface area contributed by atoms with E-state index in [4.69, 9.17) is 23.2 Å². The molecule has 6 heteroatoms. The first-order valence-corrected chi connectivity index (χ1v) is 4.45. The number of hydrogen-bond donors (Lipinski definition) is 2. The van der Waals surface area contributed by atoms with E-state index in [1.54, 1.807) is 0 Å². The first kappa shape index (κ1) is 9.30. The maximum atomic E-state index is 11.0. The summed E-state index contributed by atoms with van der Waals surface area (Å²) in [4.78, 5) is 26.7. The Bertz CT molecular complexity index is 560. The van der Waals surface area contributed by atoms with Gasteiger partial charge in [-0.2, -0.15) is 0 Å². The molecule has 0 fully saturated rings. The predicted octanol–water partition coefficient (Wildman–Crippen LogP) is 1.52. The fraction of sp³-hybridized carbons (Fsp3) is 0. The molecule has 0 aliphatic carbocycles. The highest BCUT2D eigenvalue weighted by Gasteiger charge is 2.03. The summed E-state index contributed by atoms with van der Waals surface area (Å²) in [6.45, 7) is 0. The Kier molecular flexibility index (Phi) is 2.09. The molecule has 0 amide bonds. The van der Waals surface area contributed by atoms with Crippen LogP contribution in [-0.4, -0.2) is 9.97 Å². The number of aromatic amines is 2. The van der Waals surface area contributed by atoms with E-state index in [0.717, 1.165) is 0 Å². The summed E-state index contributed by atoms with van der Waals surface area (Å²) in [5.74, 6) is 0. The second kappa shape index (κ2) is 3.15.